The molecule has 0 saturated heterocycles. The van der Waals surface area contributed by atoms with Crippen LogP contribution in [0.25, 0.3) is 16.1 Å². The summed E-state index contributed by atoms with van der Waals surface area (Å²) in [6, 6.07) is 7.04. The van der Waals surface area contributed by atoms with E-state index in [9.17, 15) is 0 Å². The Morgan fingerprint density at radius 2 is 2.21 bits per heavy atom. The minimum Gasteiger partial charge on any atom is -0.200 e. The molecular formula is C7H5N7. The topological polar surface area (TPSA) is 92.4 Å². The predicted molar refractivity (Wildman–Crippen MR) is 48.0 cm³/mol. The quantitative estimate of drug-likeness (QED) is 0.406. The van der Waals surface area contributed by atoms with Crippen LogP contribution in [0.2, 0.25) is 0 Å². The first-order valence-electron chi connectivity index (χ1n) is 3.79. The molecule has 2 rings (SSSR count). The highest BCUT2D eigenvalue weighted by molar-refractivity contribution is 5.55. The highest BCUT2D eigenvalue weighted by Crippen LogP contribution is 2.21. The number of tetrazole rings is 1. The van der Waals surface area contributed by atoms with Crippen LogP contribution < -0.4 is 0 Å². The third kappa shape index (κ3) is 1.39. The molecule has 0 atom stereocenters. The van der Waals surface area contributed by atoms with Gasteiger partial charge in [-0.3, -0.25) is 0 Å². The number of hydrogen-bond donors (Lipinski definition) is 0. The zero-order valence-corrected chi connectivity index (χ0v) is 7.02. The minimum atomic E-state index is 0.488. The van der Waals surface area contributed by atoms with Crippen LogP contribution in [-0.4, -0.2) is 20.2 Å². The molecule has 0 spiro atoms. The molecule has 0 aliphatic carbocycles. The Labute approximate surface area is 78.6 Å². The van der Waals surface area contributed by atoms with E-state index in [1.165, 1.54) is 11.0 Å². The molecule has 0 aliphatic rings. The van der Waals surface area contributed by atoms with E-state index < -0.39 is 0 Å². The number of para-hydroxylation sites is 1. The van der Waals surface area contributed by atoms with Gasteiger partial charge in [-0.2, -0.15) is 0 Å². The van der Waals surface area contributed by atoms with Gasteiger partial charge in [0.2, 0.25) is 0 Å². The Morgan fingerprint density at radius 1 is 1.36 bits per heavy atom. The van der Waals surface area contributed by atoms with Crippen LogP contribution in [0.4, 0.5) is 5.69 Å². The largest absolute Gasteiger partial charge is 0.200 e. The third-order valence-corrected chi connectivity index (χ3v) is 1.63. The molecule has 0 amide bonds. The maximum absolute atomic E-state index is 8.34. The van der Waals surface area contributed by atoms with Gasteiger partial charge >= 0.3 is 0 Å². The zero-order chi connectivity index (χ0) is 9.80. The molecule has 0 bridgehead atoms. The number of nitrogens with zero attached hydrogens (tertiary/aromatic N) is 7. The normalized spacial score (nSPS) is 9.43. The Kier molecular flexibility index (Phi) is 2.08. The minimum absolute atomic E-state index is 0.488. The first-order valence-corrected chi connectivity index (χ1v) is 3.79. The van der Waals surface area contributed by atoms with E-state index in [4.69, 9.17) is 5.53 Å². The van der Waals surface area contributed by atoms with E-state index in [0.717, 1.165) is 0 Å². The lowest BCUT2D eigenvalue weighted by atomic mass is 10.3. The predicted octanol–water partition coefficient (Wildman–Crippen LogP) is 1.60. The Balaban J connectivity index is 2.57. The van der Waals surface area contributed by atoms with Crippen molar-refractivity contribution in [2.75, 3.05) is 0 Å². The molecule has 7 nitrogen and oxygen atoms in total. The van der Waals surface area contributed by atoms with Gasteiger partial charge in [-0.25, -0.2) is 4.68 Å². The monoisotopic (exact) mass is 187 g/mol. The molecule has 2 aromatic rings. The van der Waals surface area contributed by atoms with Crippen LogP contribution in [0.5, 0.6) is 0 Å². The Bertz CT molecular complexity index is 469. The Morgan fingerprint density at radius 3 is 2.93 bits per heavy atom. The molecule has 1 aromatic carbocycles. The molecule has 14 heavy (non-hydrogen) atoms. The van der Waals surface area contributed by atoms with Gasteiger partial charge in [0.25, 0.3) is 0 Å². The molecule has 0 saturated carbocycles. The summed E-state index contributed by atoms with van der Waals surface area (Å²) in [6.07, 6.45) is 1.44. The van der Waals surface area contributed by atoms with Crippen molar-refractivity contribution in [2.24, 2.45) is 5.11 Å². The fourth-order valence-electron chi connectivity index (χ4n) is 1.06. The van der Waals surface area contributed by atoms with E-state index in [-0.39, 0.29) is 0 Å². The van der Waals surface area contributed by atoms with Crippen molar-refractivity contribution in [3.63, 3.8) is 0 Å². The highest BCUT2D eigenvalue weighted by atomic mass is 15.5. The van der Waals surface area contributed by atoms with Crippen LogP contribution in [0, 0.1) is 0 Å². The van der Waals surface area contributed by atoms with Crippen LogP contribution in [0.3, 0.4) is 0 Å². The summed E-state index contributed by atoms with van der Waals surface area (Å²) in [5.74, 6) is 0. The summed E-state index contributed by atoms with van der Waals surface area (Å²) in [7, 11) is 0. The van der Waals surface area contributed by atoms with Crippen molar-refractivity contribution in [1.82, 2.24) is 20.2 Å². The summed E-state index contributed by atoms with van der Waals surface area (Å²) in [5.41, 5.74) is 9.48. The van der Waals surface area contributed by atoms with Crippen molar-refractivity contribution < 1.29 is 0 Å². The summed E-state index contributed by atoms with van der Waals surface area (Å²) in [5, 5.41) is 14.2. The lowest BCUT2D eigenvalue weighted by Crippen LogP contribution is -1.94. The number of benzene rings is 1. The smallest absolute Gasteiger partial charge is 0.143 e. The summed E-state index contributed by atoms with van der Waals surface area (Å²) < 4.78 is 1.43. The number of aromatic nitrogens is 4. The number of azide groups is 1. The molecule has 1 aromatic heterocycles. The average Bonchev–Trinajstić information content (AvgIpc) is 2.72. The van der Waals surface area contributed by atoms with E-state index in [2.05, 4.69) is 25.6 Å². The second kappa shape index (κ2) is 3.55. The van der Waals surface area contributed by atoms with Gasteiger partial charge in [0.1, 0.15) is 6.33 Å². The second-order valence-electron chi connectivity index (χ2n) is 2.43. The standard InChI is InChI=1S/C7H5N7/c8-11-10-6-3-1-2-4-7(6)14-5-9-12-13-14/h1-5H. The first kappa shape index (κ1) is 8.21. The summed E-state index contributed by atoms with van der Waals surface area (Å²) in [4.78, 5) is 2.72. The van der Waals surface area contributed by atoms with Crippen molar-refractivity contribution in [3.05, 3.63) is 41.0 Å². The lowest BCUT2D eigenvalue weighted by Gasteiger charge is -2.01. The molecule has 1 heterocycles. The van der Waals surface area contributed by atoms with E-state index >= 15 is 0 Å². The first-order chi connectivity index (χ1) is 6.92. The van der Waals surface area contributed by atoms with Crippen LogP contribution >= 0.6 is 0 Å². The van der Waals surface area contributed by atoms with E-state index in [1.807, 2.05) is 6.07 Å². The average molecular weight is 187 g/mol. The van der Waals surface area contributed by atoms with Crippen molar-refractivity contribution in [3.8, 4) is 5.69 Å². The fraction of sp³-hybridized carbons (Fsp3) is 0. The molecule has 0 radical (unpaired) electrons. The van der Waals surface area contributed by atoms with E-state index in [0.29, 0.717) is 11.4 Å². The van der Waals surface area contributed by atoms with Gasteiger partial charge < -0.3 is 0 Å². The third-order valence-electron chi connectivity index (χ3n) is 1.63. The molecule has 0 unspecified atom stereocenters. The maximum atomic E-state index is 8.34. The molecular weight excluding hydrogens is 182 g/mol. The number of rotatable bonds is 2. The maximum Gasteiger partial charge on any atom is 0.143 e. The van der Waals surface area contributed by atoms with Gasteiger partial charge in [-0.15, -0.1) is 5.10 Å². The van der Waals surface area contributed by atoms with Gasteiger partial charge in [0.15, 0.2) is 0 Å². The second-order valence-corrected chi connectivity index (χ2v) is 2.43. The van der Waals surface area contributed by atoms with Crippen LogP contribution in [0.15, 0.2) is 35.7 Å². The van der Waals surface area contributed by atoms with Crippen molar-refractivity contribution in [2.45, 2.75) is 0 Å². The van der Waals surface area contributed by atoms with Crippen LogP contribution in [-0.2, 0) is 0 Å². The fourth-order valence-corrected chi connectivity index (χ4v) is 1.06. The van der Waals surface area contributed by atoms with Gasteiger partial charge in [0.05, 0.1) is 11.4 Å². The molecule has 0 N–H and O–H groups in total. The van der Waals surface area contributed by atoms with E-state index in [1.54, 1.807) is 18.2 Å². The molecule has 0 fully saturated rings. The molecule has 7 heteroatoms. The van der Waals surface area contributed by atoms with Gasteiger partial charge in [-0.1, -0.05) is 23.3 Å². The van der Waals surface area contributed by atoms with Gasteiger partial charge in [-0.05, 0) is 22.0 Å². The van der Waals surface area contributed by atoms with Crippen molar-refractivity contribution in [1.29, 1.82) is 0 Å². The number of hydrogen-bond acceptors (Lipinski definition) is 4. The molecule has 68 valence electrons. The SMILES string of the molecule is [N-]=[N+]=Nc1ccccc1-n1cnnn1. The summed E-state index contributed by atoms with van der Waals surface area (Å²) in [6.45, 7) is 0. The van der Waals surface area contributed by atoms with Crippen molar-refractivity contribution >= 4 is 5.69 Å². The summed E-state index contributed by atoms with van der Waals surface area (Å²) >= 11 is 0. The van der Waals surface area contributed by atoms with Gasteiger partial charge in [0, 0.05) is 4.91 Å². The highest BCUT2D eigenvalue weighted by Gasteiger charge is 2.02. The molecule has 0 aliphatic heterocycles. The zero-order valence-electron chi connectivity index (χ0n) is 7.02. The Hall–Kier alpha value is -2.40. The van der Waals surface area contributed by atoms with Crippen LogP contribution in [0.1, 0.15) is 0 Å². The lowest BCUT2D eigenvalue weighted by molar-refractivity contribution is 0.789.